The number of aromatic nitrogens is 1. The molecule has 3 aromatic carbocycles. The maximum Gasteiger partial charge on any atom is 0.305 e. The van der Waals surface area contributed by atoms with Crippen molar-refractivity contribution in [2.24, 2.45) is 5.92 Å². The van der Waals surface area contributed by atoms with Crippen molar-refractivity contribution in [3.8, 4) is 11.5 Å². The molecule has 40 heavy (non-hydrogen) atoms. The lowest BCUT2D eigenvalue weighted by atomic mass is 9.83. The van der Waals surface area contributed by atoms with E-state index in [9.17, 15) is 24.5 Å². The van der Waals surface area contributed by atoms with Gasteiger partial charge in [0, 0.05) is 22.9 Å². The second-order valence-electron chi connectivity index (χ2n) is 9.22. The third kappa shape index (κ3) is 4.44. The predicted octanol–water partition coefficient (Wildman–Crippen LogP) is 4.73. The maximum absolute atomic E-state index is 13.9. The molecule has 6 rings (SSSR count). The van der Waals surface area contributed by atoms with Gasteiger partial charge in [0.25, 0.3) is 5.69 Å². The number of nitro benzene ring substituents is 1. The van der Waals surface area contributed by atoms with Crippen LogP contribution in [0.4, 0.5) is 11.4 Å². The van der Waals surface area contributed by atoms with E-state index in [1.54, 1.807) is 12.1 Å². The predicted molar refractivity (Wildman–Crippen MR) is 149 cm³/mol. The highest BCUT2D eigenvalue weighted by Crippen LogP contribution is 2.53. The van der Waals surface area contributed by atoms with Crippen LogP contribution < -0.4 is 19.2 Å². The van der Waals surface area contributed by atoms with Crippen LogP contribution in [0.15, 0.2) is 82.6 Å². The Hall–Kier alpha value is -4.42. The molecule has 202 valence electrons. The molecule has 3 atom stereocenters. The average Bonchev–Trinajstić information content (AvgIpc) is 3.46. The van der Waals surface area contributed by atoms with Crippen molar-refractivity contribution in [2.45, 2.75) is 22.8 Å². The summed E-state index contributed by atoms with van der Waals surface area (Å²) in [6.45, 7) is 0.335. The smallest absolute Gasteiger partial charge is 0.305 e. The van der Waals surface area contributed by atoms with Crippen LogP contribution in [-0.2, 0) is 16.2 Å². The van der Waals surface area contributed by atoms with Gasteiger partial charge in [0.05, 0.1) is 28.7 Å². The first-order valence-electron chi connectivity index (χ1n) is 12.2. The number of nitro groups is 1. The van der Waals surface area contributed by atoms with Gasteiger partial charge >= 0.3 is 4.87 Å². The van der Waals surface area contributed by atoms with Crippen LogP contribution in [0, 0.1) is 16.0 Å². The molecule has 1 N–H and O–H groups in total. The number of nitrogens with zero attached hydrogens (tertiary/aromatic N) is 2. The van der Waals surface area contributed by atoms with E-state index in [0.29, 0.717) is 33.6 Å². The Balaban J connectivity index is 1.37. The Morgan fingerprint density at radius 3 is 2.42 bits per heavy atom. The molecule has 0 radical (unpaired) electrons. The number of non-ortho nitro benzene ring substituents is 1. The molecule has 2 aliphatic rings. The number of fused-ring (bicyclic) bond motifs is 2. The van der Waals surface area contributed by atoms with Crippen molar-refractivity contribution in [3.05, 3.63) is 109 Å². The SMILES string of the molecule is COc1cc([C@@H]2c3sc(=O)[nH]c3S[C@H]3C(=O)N(c4ccc([N+](=O)[O-])cc4)C(=O)[C@@H]23)ccc1OCc1ccccc1. The molecule has 1 aromatic heterocycles. The third-order valence-electron chi connectivity index (χ3n) is 6.93. The molecule has 1 saturated heterocycles. The topological polar surface area (TPSA) is 132 Å². The summed E-state index contributed by atoms with van der Waals surface area (Å²) in [4.78, 5) is 54.6. The summed E-state index contributed by atoms with van der Waals surface area (Å²) in [7, 11) is 1.52. The second kappa shape index (κ2) is 10.3. The molecule has 0 saturated carbocycles. The van der Waals surface area contributed by atoms with Crippen LogP contribution in [-0.4, -0.2) is 34.1 Å². The van der Waals surface area contributed by atoms with Gasteiger partial charge in [0.2, 0.25) is 11.8 Å². The normalized spacial score (nSPS) is 19.7. The number of aromatic amines is 1. The Labute approximate surface area is 235 Å². The minimum absolute atomic E-state index is 0.145. The highest BCUT2D eigenvalue weighted by Gasteiger charge is 2.56. The number of thioether (sulfide) groups is 1. The van der Waals surface area contributed by atoms with E-state index < -0.39 is 33.8 Å². The van der Waals surface area contributed by atoms with Gasteiger partial charge in [-0.2, -0.15) is 0 Å². The van der Waals surface area contributed by atoms with Crippen molar-refractivity contribution in [1.29, 1.82) is 0 Å². The van der Waals surface area contributed by atoms with Crippen molar-refractivity contribution in [1.82, 2.24) is 4.98 Å². The van der Waals surface area contributed by atoms with Gasteiger partial charge < -0.3 is 14.5 Å². The molecule has 0 bridgehead atoms. The number of imide groups is 1. The van der Waals surface area contributed by atoms with E-state index in [4.69, 9.17) is 9.47 Å². The van der Waals surface area contributed by atoms with Gasteiger partial charge in [-0.15, -0.1) is 0 Å². The zero-order chi connectivity index (χ0) is 28.0. The van der Waals surface area contributed by atoms with Crippen LogP contribution in [0.1, 0.15) is 21.9 Å². The van der Waals surface area contributed by atoms with E-state index >= 15 is 0 Å². The van der Waals surface area contributed by atoms with E-state index in [1.807, 2.05) is 36.4 Å². The number of amides is 2. The standard InChI is InChI=1S/C28H21N3O7S2/c1-37-20-13-16(7-12-19(20)38-14-15-5-3-2-4-6-15)21-22-24(39-25-23(21)40-28(34)29-25)27(33)30(26(22)32)17-8-10-18(11-9-17)31(35)36/h2-13,21-22,24H,14H2,1H3,(H,29,34)/t21-,22-,24+/m0/s1. The van der Waals surface area contributed by atoms with Crippen molar-refractivity contribution in [2.75, 3.05) is 12.0 Å². The largest absolute Gasteiger partial charge is 0.493 e. The number of hydrogen-bond acceptors (Lipinski definition) is 9. The fourth-order valence-electron chi connectivity index (χ4n) is 5.09. The van der Waals surface area contributed by atoms with Crippen LogP contribution in [0.2, 0.25) is 0 Å². The first-order chi connectivity index (χ1) is 19.4. The number of rotatable bonds is 7. The van der Waals surface area contributed by atoms with Gasteiger partial charge in [-0.05, 0) is 35.4 Å². The van der Waals surface area contributed by atoms with Crippen LogP contribution >= 0.6 is 23.1 Å². The molecule has 0 spiro atoms. The number of H-pyrrole nitrogens is 1. The Morgan fingerprint density at radius 2 is 1.73 bits per heavy atom. The number of ether oxygens (including phenoxy) is 2. The van der Waals surface area contributed by atoms with Crippen molar-refractivity contribution >= 4 is 46.3 Å². The number of benzene rings is 3. The Bertz CT molecular complexity index is 1680. The summed E-state index contributed by atoms with van der Waals surface area (Å²) in [5.41, 5.74) is 1.80. The minimum Gasteiger partial charge on any atom is -0.493 e. The average molecular weight is 576 g/mol. The van der Waals surface area contributed by atoms with Crippen LogP contribution in [0.25, 0.3) is 0 Å². The molecule has 12 heteroatoms. The summed E-state index contributed by atoms with van der Waals surface area (Å²) < 4.78 is 11.6. The van der Waals surface area contributed by atoms with E-state index in [0.717, 1.165) is 33.6 Å². The number of carbonyl (C=O) groups excluding carboxylic acids is 2. The molecular weight excluding hydrogens is 554 g/mol. The van der Waals surface area contributed by atoms with Gasteiger partial charge in [-0.3, -0.25) is 24.5 Å². The summed E-state index contributed by atoms with van der Waals surface area (Å²) in [6, 6.07) is 20.4. The number of carbonyl (C=O) groups is 2. The van der Waals surface area contributed by atoms with E-state index in [2.05, 4.69) is 4.98 Å². The van der Waals surface area contributed by atoms with Gasteiger partial charge in [-0.25, -0.2) is 4.90 Å². The van der Waals surface area contributed by atoms with E-state index in [1.165, 1.54) is 31.4 Å². The summed E-state index contributed by atoms with van der Waals surface area (Å²) in [6.07, 6.45) is 0. The number of methoxy groups -OCH3 is 1. The molecule has 2 amide bonds. The molecule has 10 nitrogen and oxygen atoms in total. The highest BCUT2D eigenvalue weighted by atomic mass is 32.2. The maximum atomic E-state index is 13.9. The fourth-order valence-corrected chi connectivity index (χ4v) is 7.60. The lowest BCUT2D eigenvalue weighted by Gasteiger charge is -2.30. The monoisotopic (exact) mass is 575 g/mol. The second-order valence-corrected chi connectivity index (χ2v) is 11.4. The summed E-state index contributed by atoms with van der Waals surface area (Å²) >= 11 is 2.17. The van der Waals surface area contributed by atoms with Crippen LogP contribution in [0.5, 0.6) is 11.5 Å². The van der Waals surface area contributed by atoms with E-state index in [-0.39, 0.29) is 16.2 Å². The Morgan fingerprint density at radius 1 is 0.975 bits per heavy atom. The van der Waals surface area contributed by atoms with Crippen LogP contribution in [0.3, 0.4) is 0 Å². The lowest BCUT2D eigenvalue weighted by molar-refractivity contribution is -0.384. The molecular formula is C28H21N3O7S2. The van der Waals surface area contributed by atoms with Crippen molar-refractivity contribution < 1.29 is 24.0 Å². The molecule has 0 aliphatic carbocycles. The van der Waals surface area contributed by atoms with Gasteiger partial charge in [-0.1, -0.05) is 59.5 Å². The van der Waals surface area contributed by atoms with Gasteiger partial charge in [0.15, 0.2) is 11.5 Å². The number of thiazole rings is 1. The molecule has 4 aromatic rings. The molecule has 1 fully saturated rings. The highest BCUT2D eigenvalue weighted by molar-refractivity contribution is 8.00. The number of anilines is 1. The lowest BCUT2D eigenvalue weighted by Crippen LogP contribution is -2.32. The Kier molecular flexibility index (Phi) is 6.64. The molecule has 0 unspecified atom stereocenters. The number of nitrogens with one attached hydrogen (secondary N) is 1. The third-order valence-corrected chi connectivity index (χ3v) is 9.33. The molecule has 2 aliphatic heterocycles. The fraction of sp³-hybridized carbons (Fsp3) is 0.179. The summed E-state index contributed by atoms with van der Waals surface area (Å²) in [5, 5.41) is 10.9. The first-order valence-corrected chi connectivity index (χ1v) is 13.9. The minimum atomic E-state index is -0.799. The van der Waals surface area contributed by atoms with Crippen molar-refractivity contribution in [3.63, 3.8) is 0 Å². The summed E-state index contributed by atoms with van der Waals surface area (Å²) in [5.74, 6) is -1.30. The first kappa shape index (κ1) is 25.8. The zero-order valence-electron chi connectivity index (χ0n) is 20.9. The quantitative estimate of drug-likeness (QED) is 0.190. The molecule has 3 heterocycles. The van der Waals surface area contributed by atoms with Gasteiger partial charge in [0.1, 0.15) is 11.9 Å². The number of hydrogen-bond donors (Lipinski definition) is 1. The zero-order valence-corrected chi connectivity index (χ0v) is 22.6.